The highest BCUT2D eigenvalue weighted by Gasteiger charge is 2.32. The second-order valence-corrected chi connectivity index (χ2v) is 8.03. The highest BCUT2D eigenvalue weighted by Crippen LogP contribution is 2.33. The highest BCUT2D eigenvalue weighted by atomic mass is 16.5. The van der Waals surface area contributed by atoms with Crippen LogP contribution in [0.3, 0.4) is 0 Å². The van der Waals surface area contributed by atoms with Crippen molar-refractivity contribution in [3.05, 3.63) is 34.9 Å². The van der Waals surface area contributed by atoms with Crippen molar-refractivity contribution in [2.24, 2.45) is 27.3 Å². The molecule has 1 aliphatic carbocycles. The van der Waals surface area contributed by atoms with Gasteiger partial charge in [-0.05, 0) is 55.7 Å². The van der Waals surface area contributed by atoms with E-state index in [2.05, 4.69) is 60.9 Å². The van der Waals surface area contributed by atoms with Crippen LogP contribution in [-0.4, -0.2) is 31.2 Å². The summed E-state index contributed by atoms with van der Waals surface area (Å²) in [5.74, 6) is 12.8. The molecule has 0 radical (unpaired) electrons. The Bertz CT molecular complexity index is 763. The predicted octanol–water partition coefficient (Wildman–Crippen LogP) is 3.70. The molecule has 1 unspecified atom stereocenters. The Kier molecular flexibility index (Phi) is 5.78. The minimum atomic E-state index is 0.142. The van der Waals surface area contributed by atoms with Crippen molar-refractivity contribution in [3.8, 4) is 11.8 Å². The van der Waals surface area contributed by atoms with Crippen LogP contribution in [0.25, 0.3) is 0 Å². The lowest BCUT2D eigenvalue weighted by Crippen LogP contribution is -2.38. The van der Waals surface area contributed by atoms with Gasteiger partial charge in [-0.1, -0.05) is 31.8 Å². The normalized spacial score (nSPS) is 22.9. The van der Waals surface area contributed by atoms with Crippen LogP contribution in [0.5, 0.6) is 0 Å². The Hall–Kier alpha value is -2.12. The average molecular weight is 351 g/mol. The van der Waals surface area contributed by atoms with Crippen LogP contribution in [0, 0.1) is 30.1 Å². The van der Waals surface area contributed by atoms with E-state index < -0.39 is 0 Å². The number of rotatable bonds is 4. The second kappa shape index (κ2) is 8.05. The lowest BCUT2D eigenvalue weighted by Gasteiger charge is -2.37. The summed E-state index contributed by atoms with van der Waals surface area (Å²) < 4.78 is 5.91. The summed E-state index contributed by atoms with van der Waals surface area (Å²) in [6, 6.07) is 6.18. The molecule has 0 aromatic heterocycles. The monoisotopic (exact) mass is 351 g/mol. The maximum absolute atomic E-state index is 5.91. The molecule has 2 aliphatic rings. The predicted molar refractivity (Wildman–Crippen MR) is 108 cm³/mol. The molecule has 1 heterocycles. The van der Waals surface area contributed by atoms with E-state index in [9.17, 15) is 0 Å². The maximum atomic E-state index is 5.91. The molecular weight excluding hydrogens is 322 g/mol. The first-order chi connectivity index (χ1) is 12.5. The van der Waals surface area contributed by atoms with Gasteiger partial charge in [0.1, 0.15) is 5.71 Å². The van der Waals surface area contributed by atoms with Gasteiger partial charge in [0.25, 0.3) is 0 Å². The molecule has 0 bridgehead atoms. The van der Waals surface area contributed by atoms with Gasteiger partial charge >= 0.3 is 0 Å². The van der Waals surface area contributed by atoms with E-state index in [0.29, 0.717) is 18.2 Å². The Morgan fingerprint density at radius 2 is 2.19 bits per heavy atom. The molecule has 2 N–H and O–H groups in total. The van der Waals surface area contributed by atoms with Gasteiger partial charge in [0.2, 0.25) is 0 Å². The van der Waals surface area contributed by atoms with Crippen molar-refractivity contribution in [2.75, 3.05) is 13.2 Å². The number of hydrazone groups is 1. The molecule has 0 spiro atoms. The number of aryl methyl sites for hydroxylation is 1. The summed E-state index contributed by atoms with van der Waals surface area (Å²) in [6.45, 7) is 8.00. The molecule has 3 rings (SSSR count). The zero-order chi connectivity index (χ0) is 18.6. The molecule has 4 heteroatoms. The zero-order valence-corrected chi connectivity index (χ0v) is 16.1. The van der Waals surface area contributed by atoms with E-state index in [4.69, 9.17) is 10.6 Å². The van der Waals surface area contributed by atoms with Crippen molar-refractivity contribution in [1.82, 2.24) is 0 Å². The molecule has 2 fully saturated rings. The minimum absolute atomic E-state index is 0.142. The van der Waals surface area contributed by atoms with Crippen LogP contribution in [0.15, 0.2) is 28.3 Å². The summed E-state index contributed by atoms with van der Waals surface area (Å²) in [6.07, 6.45) is 6.67. The van der Waals surface area contributed by atoms with E-state index in [-0.39, 0.29) is 11.5 Å². The van der Waals surface area contributed by atoms with E-state index in [1.54, 1.807) is 6.21 Å². The topological polar surface area (TPSA) is 60.0 Å². The van der Waals surface area contributed by atoms with E-state index in [1.165, 1.54) is 19.3 Å². The number of nitrogens with zero attached hydrogens (tertiary/aromatic N) is 2. The van der Waals surface area contributed by atoms with Gasteiger partial charge < -0.3 is 10.6 Å². The van der Waals surface area contributed by atoms with Crippen molar-refractivity contribution >= 4 is 11.9 Å². The zero-order valence-electron chi connectivity index (χ0n) is 16.1. The van der Waals surface area contributed by atoms with Crippen molar-refractivity contribution in [1.29, 1.82) is 0 Å². The number of aliphatic imine (C=N–C) groups is 1. The number of benzene rings is 1. The third-order valence-electron chi connectivity index (χ3n) is 5.29. The lowest BCUT2D eigenvalue weighted by molar-refractivity contribution is -0.0607. The van der Waals surface area contributed by atoms with Gasteiger partial charge in [0.05, 0.1) is 12.6 Å². The summed E-state index contributed by atoms with van der Waals surface area (Å²) in [5.41, 5.74) is 3.95. The van der Waals surface area contributed by atoms with E-state index in [0.717, 1.165) is 29.7 Å². The summed E-state index contributed by atoms with van der Waals surface area (Å²) in [5, 5.41) is 3.97. The SMILES string of the molecule is Cc1ccc(C#CC2CC2)cc1/C(C=NCC1OCCCC1(C)C)=N/N. The van der Waals surface area contributed by atoms with Crippen LogP contribution in [-0.2, 0) is 4.74 Å². The third-order valence-corrected chi connectivity index (χ3v) is 5.29. The van der Waals surface area contributed by atoms with Crippen LogP contribution in [0.1, 0.15) is 56.2 Å². The minimum Gasteiger partial charge on any atom is -0.376 e. The molecule has 138 valence electrons. The first-order valence-electron chi connectivity index (χ1n) is 9.51. The molecule has 1 aromatic rings. The fourth-order valence-corrected chi connectivity index (χ4v) is 3.24. The van der Waals surface area contributed by atoms with Crippen LogP contribution in [0.4, 0.5) is 0 Å². The molecule has 4 nitrogen and oxygen atoms in total. The second-order valence-electron chi connectivity index (χ2n) is 8.03. The maximum Gasteiger partial charge on any atom is 0.108 e. The number of ether oxygens (including phenoxy) is 1. The van der Waals surface area contributed by atoms with Crippen molar-refractivity contribution in [3.63, 3.8) is 0 Å². The molecule has 0 amide bonds. The Morgan fingerprint density at radius 1 is 1.38 bits per heavy atom. The molecule has 26 heavy (non-hydrogen) atoms. The lowest BCUT2D eigenvalue weighted by atomic mass is 9.80. The molecule has 1 aliphatic heterocycles. The Morgan fingerprint density at radius 3 is 2.88 bits per heavy atom. The number of hydrogen-bond acceptors (Lipinski definition) is 4. The molecule has 1 aromatic carbocycles. The fourth-order valence-electron chi connectivity index (χ4n) is 3.24. The summed E-state index contributed by atoms with van der Waals surface area (Å²) in [4.78, 5) is 4.60. The van der Waals surface area contributed by atoms with Gasteiger partial charge in [-0.3, -0.25) is 4.99 Å². The van der Waals surface area contributed by atoms with Crippen LogP contribution < -0.4 is 5.84 Å². The highest BCUT2D eigenvalue weighted by molar-refractivity contribution is 6.38. The van der Waals surface area contributed by atoms with Gasteiger partial charge in [-0.2, -0.15) is 5.10 Å². The van der Waals surface area contributed by atoms with Gasteiger partial charge in [0.15, 0.2) is 0 Å². The number of hydrogen-bond donors (Lipinski definition) is 1. The van der Waals surface area contributed by atoms with Crippen molar-refractivity contribution in [2.45, 2.75) is 52.6 Å². The quantitative estimate of drug-likeness (QED) is 0.389. The fraction of sp³-hybridized carbons (Fsp3) is 0.545. The van der Waals surface area contributed by atoms with Crippen molar-refractivity contribution < 1.29 is 4.74 Å². The van der Waals surface area contributed by atoms with Gasteiger partial charge in [-0.25, -0.2) is 0 Å². The van der Waals surface area contributed by atoms with Gasteiger partial charge in [0, 0.05) is 29.9 Å². The first kappa shape index (κ1) is 18.7. The van der Waals surface area contributed by atoms with Crippen LogP contribution >= 0.6 is 0 Å². The largest absolute Gasteiger partial charge is 0.376 e. The Labute approximate surface area is 156 Å². The first-order valence-corrected chi connectivity index (χ1v) is 9.51. The van der Waals surface area contributed by atoms with E-state index >= 15 is 0 Å². The standard InChI is InChI=1S/C22H29N3O/c1-16-5-6-18(10-9-17-7-8-17)13-19(16)20(25-23)14-24-15-21-22(2,3)11-4-12-26-21/h5-6,13-14,17,21H,4,7-8,11-12,15,23H2,1-3H3/b24-14?,25-20+. The number of nitrogens with two attached hydrogens (primary N) is 1. The van der Waals surface area contributed by atoms with E-state index in [1.807, 2.05) is 0 Å². The van der Waals surface area contributed by atoms with Gasteiger partial charge in [-0.15, -0.1) is 0 Å². The Balaban J connectivity index is 1.72. The third kappa shape index (κ3) is 4.74. The molecule has 1 atom stereocenters. The summed E-state index contributed by atoms with van der Waals surface area (Å²) in [7, 11) is 0. The molecule has 1 saturated heterocycles. The molecular formula is C22H29N3O. The molecule has 1 saturated carbocycles. The summed E-state index contributed by atoms with van der Waals surface area (Å²) >= 11 is 0. The smallest absolute Gasteiger partial charge is 0.108 e. The van der Waals surface area contributed by atoms with Crippen LogP contribution in [0.2, 0.25) is 0 Å². The average Bonchev–Trinajstić information content (AvgIpc) is 3.44.